The van der Waals surface area contributed by atoms with Crippen LogP contribution in [-0.4, -0.2) is 64.6 Å². The lowest BCUT2D eigenvalue weighted by atomic mass is 10.1. The van der Waals surface area contributed by atoms with Crippen LogP contribution in [-0.2, 0) is 49.3 Å². The van der Waals surface area contributed by atoms with Crippen LogP contribution in [0.1, 0.15) is 23.8 Å². The third kappa shape index (κ3) is 9.83. The number of benzene rings is 1. The number of phosphoric acid groups is 3. The second-order valence-electron chi connectivity index (χ2n) is 8.33. The van der Waals surface area contributed by atoms with E-state index in [0.717, 1.165) is 10.8 Å². The molecule has 228 valence electrons. The Bertz CT molecular complexity index is 1520. The molecule has 6 N–H and O–H groups in total. The Morgan fingerprint density at radius 2 is 1.76 bits per heavy atom. The minimum Gasteiger partial charge on any atom is -0.390 e. The Balaban J connectivity index is 1.61. The average Bonchev–Trinajstić information content (AvgIpc) is 3.19. The van der Waals surface area contributed by atoms with Crippen LogP contribution < -0.4 is 11.2 Å². The molecule has 1 fully saturated rings. The molecule has 0 saturated carbocycles. The van der Waals surface area contributed by atoms with Gasteiger partial charge in [-0.05, 0) is 0 Å². The van der Waals surface area contributed by atoms with Crippen molar-refractivity contribution in [2.24, 2.45) is 0 Å². The summed E-state index contributed by atoms with van der Waals surface area (Å²) < 4.78 is 57.4. The molecule has 20 nitrogen and oxygen atoms in total. The largest absolute Gasteiger partial charge is 0.490 e. The van der Waals surface area contributed by atoms with Gasteiger partial charge in [0.25, 0.3) is 11.2 Å². The fourth-order valence-corrected chi connectivity index (χ4v) is 6.65. The number of aromatic amines is 1. The highest BCUT2D eigenvalue weighted by Crippen LogP contribution is 2.66. The molecular weight excluding hydrogens is 623 g/mol. The number of rotatable bonds is 14. The van der Waals surface area contributed by atoms with Gasteiger partial charge in [-0.25, -0.2) is 18.5 Å². The summed E-state index contributed by atoms with van der Waals surface area (Å²) in [5.74, 6) is 0. The van der Waals surface area contributed by atoms with Crippen molar-refractivity contribution in [3.05, 3.63) is 72.5 Å². The maximum Gasteiger partial charge on any atom is 0.490 e. The average molecular weight is 647 g/mol. The second-order valence-corrected chi connectivity index (χ2v) is 12.7. The zero-order valence-corrected chi connectivity index (χ0v) is 23.2. The van der Waals surface area contributed by atoms with Crippen LogP contribution in [0.25, 0.3) is 0 Å². The number of ether oxygens (including phenoxy) is 2. The Hall–Kier alpha value is -2.41. The molecule has 0 amide bonds. The predicted molar refractivity (Wildman–Crippen MR) is 132 cm³/mol. The first kappa shape index (κ1) is 33.1. The van der Waals surface area contributed by atoms with Crippen LogP contribution in [0.4, 0.5) is 5.69 Å². The lowest BCUT2D eigenvalue weighted by Crippen LogP contribution is -2.34. The third-order valence-electron chi connectivity index (χ3n) is 5.34. The number of hydrogen-bond donors (Lipinski definition) is 6. The number of nitro groups is 1. The van der Waals surface area contributed by atoms with E-state index in [0.29, 0.717) is 5.56 Å². The van der Waals surface area contributed by atoms with Gasteiger partial charge in [-0.1, -0.05) is 18.2 Å². The zero-order valence-electron chi connectivity index (χ0n) is 20.5. The Labute approximate surface area is 228 Å². The van der Waals surface area contributed by atoms with E-state index in [1.54, 1.807) is 12.1 Å². The van der Waals surface area contributed by atoms with E-state index in [1.165, 1.54) is 12.1 Å². The lowest BCUT2D eigenvalue weighted by molar-refractivity contribution is -0.385. The van der Waals surface area contributed by atoms with Crippen molar-refractivity contribution >= 4 is 29.2 Å². The standard InChI is InChI=1S/C18H24N3O17P3/c22-14-7-16(36-15(14)10-35-40(30,31)38-41(32,33)37-39(27,28)29)20-8-12(17(23)19-18(20)24)9-34-6-5-11-3-1-2-4-13(11)21(25)26/h1-4,8,14-16,22H,5-7,9-10H2,(H,30,31)(H,32,33)(H,19,23,24)(H2,27,28,29)/t14-,15+,16+/m0/s1. The predicted octanol–water partition coefficient (Wildman–Crippen LogP) is 0.196. The van der Waals surface area contributed by atoms with Crippen molar-refractivity contribution in [2.45, 2.75) is 37.9 Å². The first-order valence-electron chi connectivity index (χ1n) is 11.2. The summed E-state index contributed by atoms with van der Waals surface area (Å²) in [6.07, 6.45) is -3.10. The summed E-state index contributed by atoms with van der Waals surface area (Å²) in [6, 6.07) is 6.02. The van der Waals surface area contributed by atoms with E-state index < -0.39 is 64.7 Å². The Morgan fingerprint density at radius 1 is 1.07 bits per heavy atom. The molecule has 1 aromatic heterocycles. The van der Waals surface area contributed by atoms with Gasteiger partial charge in [0.1, 0.15) is 12.3 Å². The van der Waals surface area contributed by atoms with Crippen molar-refractivity contribution < 1.29 is 65.9 Å². The summed E-state index contributed by atoms with van der Waals surface area (Å²) >= 11 is 0. The summed E-state index contributed by atoms with van der Waals surface area (Å²) in [4.78, 5) is 73.1. The highest BCUT2D eigenvalue weighted by molar-refractivity contribution is 7.66. The summed E-state index contributed by atoms with van der Waals surface area (Å²) in [6.45, 7) is -1.27. The molecule has 0 spiro atoms. The highest BCUT2D eigenvalue weighted by Gasteiger charge is 2.43. The molecule has 1 saturated heterocycles. The molecule has 0 bridgehead atoms. The molecule has 2 aromatic rings. The number of phosphoric ester groups is 1. The summed E-state index contributed by atoms with van der Waals surface area (Å²) in [5, 5.41) is 21.4. The van der Waals surface area contributed by atoms with Gasteiger partial charge in [0, 0.05) is 30.7 Å². The van der Waals surface area contributed by atoms with E-state index >= 15 is 0 Å². The molecule has 2 heterocycles. The van der Waals surface area contributed by atoms with Gasteiger partial charge in [0.05, 0.1) is 36.4 Å². The van der Waals surface area contributed by atoms with Crippen LogP contribution in [0.2, 0.25) is 0 Å². The van der Waals surface area contributed by atoms with Crippen LogP contribution in [0.5, 0.6) is 0 Å². The van der Waals surface area contributed by atoms with Gasteiger partial charge in [0.2, 0.25) is 0 Å². The highest BCUT2D eigenvalue weighted by atomic mass is 31.3. The fraction of sp³-hybridized carbons (Fsp3) is 0.444. The molecule has 0 radical (unpaired) electrons. The van der Waals surface area contributed by atoms with Gasteiger partial charge < -0.3 is 34.2 Å². The summed E-state index contributed by atoms with van der Waals surface area (Å²) in [5.41, 5.74) is -1.46. The quantitative estimate of drug-likeness (QED) is 0.0690. The number of H-pyrrole nitrogens is 1. The molecule has 2 unspecified atom stereocenters. The molecule has 0 aliphatic carbocycles. The van der Waals surface area contributed by atoms with Crippen molar-refractivity contribution in [3.63, 3.8) is 0 Å². The lowest BCUT2D eigenvalue weighted by Gasteiger charge is -2.19. The first-order valence-corrected chi connectivity index (χ1v) is 15.7. The molecule has 1 aromatic carbocycles. The zero-order chi connectivity index (χ0) is 30.6. The van der Waals surface area contributed by atoms with Crippen LogP contribution in [0.3, 0.4) is 0 Å². The number of nitrogens with one attached hydrogen (secondary N) is 1. The van der Waals surface area contributed by atoms with E-state index in [9.17, 15) is 48.3 Å². The topological polar surface area (TPSA) is 297 Å². The number of aliphatic hydroxyl groups is 1. The van der Waals surface area contributed by atoms with E-state index in [4.69, 9.17) is 19.3 Å². The number of aromatic nitrogens is 2. The number of hydrogen-bond acceptors (Lipinski definition) is 13. The second kappa shape index (κ2) is 13.3. The van der Waals surface area contributed by atoms with Gasteiger partial charge in [-0.2, -0.15) is 8.62 Å². The third-order valence-corrected chi connectivity index (χ3v) is 9.14. The Morgan fingerprint density at radius 3 is 2.41 bits per heavy atom. The number of aliphatic hydroxyl groups excluding tert-OH is 1. The minimum absolute atomic E-state index is 0.00919. The maximum absolute atomic E-state index is 12.4. The number of nitrogens with zero attached hydrogens (tertiary/aromatic N) is 2. The van der Waals surface area contributed by atoms with Gasteiger partial charge >= 0.3 is 29.2 Å². The van der Waals surface area contributed by atoms with Crippen LogP contribution in [0, 0.1) is 10.1 Å². The van der Waals surface area contributed by atoms with E-state index in [-0.39, 0.29) is 37.3 Å². The van der Waals surface area contributed by atoms with Gasteiger partial charge in [0.15, 0.2) is 0 Å². The number of nitro benzene ring substituents is 1. The SMILES string of the molecule is O=c1[nH]c(=O)n([C@H]2C[C@H](O)[C@@H](COP(=O)(O)OP(=O)(O)OP(=O)(O)O)O2)cc1COCCc1ccccc1[N+](=O)[O-]. The summed E-state index contributed by atoms with van der Waals surface area (Å²) in [7, 11) is -16.8. The molecular formula is C18H24N3O17P3. The van der Waals surface area contributed by atoms with Crippen molar-refractivity contribution in [1.29, 1.82) is 0 Å². The molecule has 1 aliphatic rings. The van der Waals surface area contributed by atoms with E-state index in [1.807, 2.05) is 4.98 Å². The first-order chi connectivity index (χ1) is 19.0. The van der Waals surface area contributed by atoms with Gasteiger partial charge in [-0.3, -0.25) is 29.0 Å². The Kier molecular flexibility index (Phi) is 10.7. The van der Waals surface area contributed by atoms with Gasteiger partial charge in [-0.15, -0.1) is 0 Å². The smallest absolute Gasteiger partial charge is 0.390 e. The fourth-order valence-electron chi connectivity index (χ4n) is 3.62. The number of para-hydroxylation sites is 1. The van der Waals surface area contributed by atoms with E-state index in [2.05, 4.69) is 13.1 Å². The van der Waals surface area contributed by atoms with Crippen molar-refractivity contribution in [2.75, 3.05) is 13.2 Å². The monoisotopic (exact) mass is 647 g/mol. The van der Waals surface area contributed by atoms with Crippen molar-refractivity contribution in [3.8, 4) is 0 Å². The molecule has 23 heteroatoms. The van der Waals surface area contributed by atoms with Crippen LogP contribution >= 0.6 is 23.5 Å². The van der Waals surface area contributed by atoms with Crippen molar-refractivity contribution in [1.82, 2.24) is 9.55 Å². The molecule has 5 atom stereocenters. The normalized spacial score (nSPS) is 22.2. The van der Waals surface area contributed by atoms with Crippen LogP contribution in [0.15, 0.2) is 40.1 Å². The molecule has 1 aliphatic heterocycles. The maximum atomic E-state index is 12.4. The molecule has 41 heavy (non-hydrogen) atoms. The minimum atomic E-state index is -5.75. The molecule has 3 rings (SSSR count).